The molecule has 2 rings (SSSR count). The maximum atomic E-state index is 8.98. The summed E-state index contributed by atoms with van der Waals surface area (Å²) < 4.78 is 2.27. The molecular formula is C16H20NO+. The molecular weight excluding hydrogens is 222 g/mol. The topological polar surface area (TPSA) is 23.2 Å². The van der Waals surface area contributed by atoms with Gasteiger partial charge in [-0.3, -0.25) is 0 Å². The van der Waals surface area contributed by atoms with Crippen LogP contribution in [0.1, 0.15) is 18.4 Å². The van der Waals surface area contributed by atoms with Crippen molar-refractivity contribution in [3.8, 4) is 0 Å². The zero-order valence-corrected chi connectivity index (χ0v) is 10.8. The second kappa shape index (κ2) is 6.31. The molecule has 2 heteroatoms. The van der Waals surface area contributed by atoms with Crippen molar-refractivity contribution >= 4 is 5.71 Å². The van der Waals surface area contributed by atoms with Gasteiger partial charge in [-0.1, -0.05) is 42.5 Å². The van der Waals surface area contributed by atoms with E-state index in [-0.39, 0.29) is 6.61 Å². The molecule has 94 valence electrons. The first-order valence-electron chi connectivity index (χ1n) is 6.38. The van der Waals surface area contributed by atoms with E-state index < -0.39 is 0 Å². The minimum absolute atomic E-state index is 0.214. The number of allylic oxidation sites excluding steroid dienone is 3. The highest BCUT2D eigenvalue weighted by Crippen LogP contribution is 2.12. The van der Waals surface area contributed by atoms with Crippen LogP contribution in [-0.2, 0) is 6.54 Å². The number of rotatable bonds is 4. The second-order valence-corrected chi connectivity index (χ2v) is 4.63. The molecule has 1 aromatic carbocycles. The predicted octanol–water partition coefficient (Wildman–Crippen LogP) is 2.54. The summed E-state index contributed by atoms with van der Waals surface area (Å²) in [5.41, 5.74) is 3.84. The molecule has 0 saturated carbocycles. The molecule has 2 nitrogen and oxygen atoms in total. The van der Waals surface area contributed by atoms with Crippen molar-refractivity contribution in [1.82, 2.24) is 0 Å². The van der Waals surface area contributed by atoms with Crippen LogP contribution >= 0.6 is 0 Å². The van der Waals surface area contributed by atoms with Crippen molar-refractivity contribution in [1.29, 1.82) is 0 Å². The van der Waals surface area contributed by atoms with Gasteiger partial charge in [0.2, 0.25) is 0 Å². The summed E-state index contributed by atoms with van der Waals surface area (Å²) in [5, 5.41) is 8.98. The quantitative estimate of drug-likeness (QED) is 0.806. The molecule has 1 N–H and O–H groups in total. The van der Waals surface area contributed by atoms with Gasteiger partial charge in [0, 0.05) is 18.2 Å². The summed E-state index contributed by atoms with van der Waals surface area (Å²) >= 11 is 0. The van der Waals surface area contributed by atoms with E-state index in [0.29, 0.717) is 0 Å². The Morgan fingerprint density at radius 1 is 1.22 bits per heavy atom. The van der Waals surface area contributed by atoms with Crippen molar-refractivity contribution in [2.45, 2.75) is 19.4 Å². The fourth-order valence-corrected chi connectivity index (χ4v) is 2.16. The summed E-state index contributed by atoms with van der Waals surface area (Å²) in [4.78, 5) is 0. The van der Waals surface area contributed by atoms with Crippen LogP contribution in [0.5, 0.6) is 0 Å². The third-order valence-corrected chi connectivity index (χ3v) is 3.16. The molecule has 18 heavy (non-hydrogen) atoms. The monoisotopic (exact) mass is 242 g/mol. The molecule has 0 aromatic heterocycles. The van der Waals surface area contributed by atoms with Crippen LogP contribution in [0.25, 0.3) is 0 Å². The van der Waals surface area contributed by atoms with Crippen LogP contribution < -0.4 is 0 Å². The van der Waals surface area contributed by atoms with Gasteiger partial charge in [0.25, 0.3) is 0 Å². The van der Waals surface area contributed by atoms with Crippen LogP contribution in [0.15, 0.2) is 54.1 Å². The lowest BCUT2D eigenvalue weighted by Gasteiger charge is -2.08. The normalized spacial score (nSPS) is 17.6. The number of nitrogens with zero attached hydrogens (tertiary/aromatic N) is 1. The Morgan fingerprint density at radius 2 is 2.00 bits per heavy atom. The van der Waals surface area contributed by atoms with Gasteiger partial charge in [0.15, 0.2) is 12.3 Å². The summed E-state index contributed by atoms with van der Waals surface area (Å²) in [6.45, 7) is 1.14. The van der Waals surface area contributed by atoms with E-state index in [0.717, 1.165) is 19.4 Å². The first-order valence-corrected chi connectivity index (χ1v) is 6.38. The van der Waals surface area contributed by atoms with Gasteiger partial charge in [-0.05, 0) is 12.0 Å². The number of hydrogen-bond acceptors (Lipinski definition) is 1. The largest absolute Gasteiger partial charge is 0.396 e. The highest BCUT2D eigenvalue weighted by molar-refractivity contribution is 5.94. The van der Waals surface area contributed by atoms with E-state index in [1.54, 1.807) is 0 Å². The zero-order chi connectivity index (χ0) is 12.8. The number of benzene rings is 1. The van der Waals surface area contributed by atoms with Crippen molar-refractivity contribution in [2.75, 3.05) is 13.7 Å². The lowest BCUT2D eigenvalue weighted by molar-refractivity contribution is -0.514. The van der Waals surface area contributed by atoms with Crippen molar-refractivity contribution < 1.29 is 9.68 Å². The van der Waals surface area contributed by atoms with E-state index in [1.807, 2.05) is 6.07 Å². The molecule has 0 spiro atoms. The van der Waals surface area contributed by atoms with Crippen molar-refractivity contribution in [3.05, 3.63) is 59.7 Å². The van der Waals surface area contributed by atoms with Gasteiger partial charge in [0.05, 0.1) is 6.42 Å². The average molecular weight is 242 g/mol. The van der Waals surface area contributed by atoms with Gasteiger partial charge in [-0.2, -0.15) is 0 Å². The predicted molar refractivity (Wildman–Crippen MR) is 74.9 cm³/mol. The first kappa shape index (κ1) is 12.8. The summed E-state index contributed by atoms with van der Waals surface area (Å²) in [5.74, 6) is 0. The van der Waals surface area contributed by atoms with Crippen molar-refractivity contribution in [2.24, 2.45) is 0 Å². The second-order valence-electron chi connectivity index (χ2n) is 4.63. The molecule has 1 aliphatic rings. The van der Waals surface area contributed by atoms with Crippen molar-refractivity contribution in [3.63, 3.8) is 0 Å². The van der Waals surface area contributed by atoms with E-state index in [2.05, 4.69) is 54.1 Å². The van der Waals surface area contributed by atoms with E-state index in [9.17, 15) is 0 Å². The van der Waals surface area contributed by atoms with Crippen LogP contribution in [0, 0.1) is 0 Å². The number of aliphatic hydroxyl groups excluding tert-OH is 1. The lowest BCUT2D eigenvalue weighted by Crippen LogP contribution is -2.17. The Bertz CT molecular complexity index is 483. The smallest absolute Gasteiger partial charge is 0.180 e. The van der Waals surface area contributed by atoms with E-state index >= 15 is 0 Å². The number of hydrogen-bond donors (Lipinski definition) is 1. The molecule has 0 heterocycles. The fourth-order valence-electron chi connectivity index (χ4n) is 2.16. The maximum Gasteiger partial charge on any atom is 0.180 e. The Kier molecular flexibility index (Phi) is 4.48. The molecule has 0 saturated heterocycles. The highest BCUT2D eigenvalue weighted by Gasteiger charge is 2.11. The van der Waals surface area contributed by atoms with E-state index in [4.69, 9.17) is 5.11 Å². The standard InChI is InChI=1S/C16H20NO/c1-17(13-15-6-3-2-4-7-15)16-9-5-8-14(12-16)10-11-18/h2-8,12,18H,9-11,13H2,1H3/q+1. The maximum absolute atomic E-state index is 8.98. The summed E-state index contributed by atoms with van der Waals surface area (Å²) in [7, 11) is 2.12. The van der Waals surface area contributed by atoms with Crippen LogP contribution in [0.2, 0.25) is 0 Å². The molecule has 0 aliphatic heterocycles. The summed E-state index contributed by atoms with van der Waals surface area (Å²) in [6, 6.07) is 10.5. The fraction of sp³-hybridized carbons (Fsp3) is 0.312. The molecule has 0 atom stereocenters. The zero-order valence-electron chi connectivity index (χ0n) is 10.8. The molecule has 0 fully saturated rings. The van der Waals surface area contributed by atoms with Crippen LogP contribution in [-0.4, -0.2) is 29.0 Å². The Balaban J connectivity index is 2.13. The third kappa shape index (κ3) is 3.41. The van der Waals surface area contributed by atoms with Crippen LogP contribution in [0.4, 0.5) is 0 Å². The van der Waals surface area contributed by atoms with Gasteiger partial charge in [-0.25, -0.2) is 4.58 Å². The SMILES string of the molecule is C[N+](Cc1ccccc1)=C1C=C(CCO)C=CC1. The minimum Gasteiger partial charge on any atom is -0.396 e. The molecule has 1 aromatic rings. The average Bonchev–Trinajstić information content (AvgIpc) is 2.40. The molecule has 0 unspecified atom stereocenters. The molecule has 0 radical (unpaired) electrons. The molecule has 1 aliphatic carbocycles. The summed E-state index contributed by atoms with van der Waals surface area (Å²) in [6.07, 6.45) is 8.18. The first-order chi connectivity index (χ1) is 8.79. The van der Waals surface area contributed by atoms with Crippen LogP contribution in [0.3, 0.4) is 0 Å². The van der Waals surface area contributed by atoms with Gasteiger partial charge >= 0.3 is 0 Å². The Hall–Kier alpha value is -1.67. The van der Waals surface area contributed by atoms with Gasteiger partial charge in [0.1, 0.15) is 7.05 Å². The Labute approximate surface area is 109 Å². The van der Waals surface area contributed by atoms with Gasteiger partial charge in [-0.15, -0.1) is 0 Å². The molecule has 0 bridgehead atoms. The van der Waals surface area contributed by atoms with Gasteiger partial charge < -0.3 is 5.11 Å². The lowest BCUT2D eigenvalue weighted by atomic mass is 10.0. The number of aliphatic hydroxyl groups is 1. The third-order valence-electron chi connectivity index (χ3n) is 3.16. The highest BCUT2D eigenvalue weighted by atomic mass is 16.2. The minimum atomic E-state index is 0.214. The Morgan fingerprint density at radius 3 is 2.72 bits per heavy atom. The molecule has 0 amide bonds. The van der Waals surface area contributed by atoms with E-state index in [1.165, 1.54) is 16.8 Å².